The second-order valence-corrected chi connectivity index (χ2v) is 9.32. The molecule has 1 saturated heterocycles. The van der Waals surface area contributed by atoms with Crippen LogP contribution in [0.1, 0.15) is 23.6 Å². The van der Waals surface area contributed by atoms with Crippen molar-refractivity contribution in [1.82, 2.24) is 5.32 Å². The molecule has 190 valence electrons. The minimum Gasteiger partial charge on any atom is -0.490 e. The normalized spacial score (nSPS) is 14.7. The second kappa shape index (κ2) is 11.1. The zero-order chi connectivity index (χ0) is 26.7. The highest BCUT2D eigenvalue weighted by Crippen LogP contribution is 2.38. The van der Waals surface area contributed by atoms with E-state index in [2.05, 4.69) is 21.2 Å². The second-order valence-electron chi connectivity index (χ2n) is 8.03. The molecule has 4 amide bonds. The van der Waals surface area contributed by atoms with Crippen molar-refractivity contribution in [3.8, 4) is 11.5 Å². The number of carbonyl (C=O) groups is 3. The maximum absolute atomic E-state index is 14.0. The van der Waals surface area contributed by atoms with Crippen molar-refractivity contribution in [2.75, 3.05) is 11.5 Å². The number of benzene rings is 3. The molecule has 3 aromatic rings. The van der Waals surface area contributed by atoms with Gasteiger partial charge in [0.2, 0.25) is 0 Å². The van der Waals surface area contributed by atoms with Gasteiger partial charge in [0.05, 0.1) is 16.8 Å². The molecule has 37 heavy (non-hydrogen) atoms. The number of hydrogen-bond donors (Lipinski definition) is 1. The van der Waals surface area contributed by atoms with E-state index in [0.29, 0.717) is 44.3 Å². The molecule has 3 aromatic carbocycles. The first-order valence-corrected chi connectivity index (χ1v) is 12.4. The van der Waals surface area contributed by atoms with E-state index in [0.717, 1.165) is 4.90 Å². The Labute approximate surface area is 225 Å². The molecule has 0 bridgehead atoms. The molecule has 0 atom stereocenters. The van der Waals surface area contributed by atoms with Crippen LogP contribution < -0.4 is 19.7 Å². The van der Waals surface area contributed by atoms with Gasteiger partial charge < -0.3 is 9.47 Å². The Morgan fingerprint density at radius 3 is 2.57 bits per heavy atom. The van der Waals surface area contributed by atoms with E-state index in [1.165, 1.54) is 18.2 Å². The summed E-state index contributed by atoms with van der Waals surface area (Å²) in [4.78, 5) is 39.4. The number of carbonyl (C=O) groups excluding carboxylic acids is 3. The van der Waals surface area contributed by atoms with Gasteiger partial charge in [0.1, 0.15) is 18.0 Å². The van der Waals surface area contributed by atoms with Crippen LogP contribution in [0.4, 0.5) is 14.9 Å². The van der Waals surface area contributed by atoms with Crippen LogP contribution in [0.25, 0.3) is 6.08 Å². The SMILES string of the molecule is CCOc1cc(/C=C2\C(=O)NC(=O)N(c3cc(Cl)ccc3C)C2=O)cc(Br)c1OCc1ccccc1F. The van der Waals surface area contributed by atoms with Gasteiger partial charge in [-0.1, -0.05) is 35.9 Å². The molecular formula is C27H21BrClFN2O5. The van der Waals surface area contributed by atoms with E-state index >= 15 is 0 Å². The molecule has 1 aliphatic heterocycles. The number of barbiturate groups is 1. The van der Waals surface area contributed by atoms with Gasteiger partial charge in [-0.05, 0) is 77.3 Å². The van der Waals surface area contributed by atoms with Gasteiger partial charge in [-0.2, -0.15) is 0 Å². The molecule has 1 N–H and O–H groups in total. The lowest BCUT2D eigenvalue weighted by Crippen LogP contribution is -2.54. The Morgan fingerprint density at radius 2 is 1.84 bits per heavy atom. The molecule has 0 spiro atoms. The minimum atomic E-state index is -0.870. The molecule has 1 fully saturated rings. The highest BCUT2D eigenvalue weighted by molar-refractivity contribution is 9.10. The topological polar surface area (TPSA) is 84.9 Å². The third-order valence-corrected chi connectivity index (χ3v) is 6.31. The summed E-state index contributed by atoms with van der Waals surface area (Å²) in [6, 6.07) is 13.4. The molecule has 0 aliphatic carbocycles. The minimum absolute atomic E-state index is 0.0390. The number of imide groups is 2. The monoisotopic (exact) mass is 586 g/mol. The number of nitrogens with one attached hydrogen (secondary N) is 1. The zero-order valence-electron chi connectivity index (χ0n) is 19.8. The molecule has 0 unspecified atom stereocenters. The number of anilines is 1. The Bertz CT molecular complexity index is 1440. The van der Waals surface area contributed by atoms with Gasteiger partial charge >= 0.3 is 6.03 Å². The molecule has 4 rings (SSSR count). The lowest BCUT2D eigenvalue weighted by molar-refractivity contribution is -0.122. The van der Waals surface area contributed by atoms with Gasteiger partial charge in [-0.3, -0.25) is 14.9 Å². The summed E-state index contributed by atoms with van der Waals surface area (Å²) in [7, 11) is 0. The van der Waals surface area contributed by atoms with Crippen LogP contribution in [-0.4, -0.2) is 24.5 Å². The summed E-state index contributed by atoms with van der Waals surface area (Å²) >= 11 is 9.51. The maximum Gasteiger partial charge on any atom is 0.335 e. The van der Waals surface area contributed by atoms with Crippen LogP contribution >= 0.6 is 27.5 Å². The Balaban J connectivity index is 1.69. The van der Waals surface area contributed by atoms with Crippen LogP contribution in [-0.2, 0) is 16.2 Å². The van der Waals surface area contributed by atoms with Crippen LogP contribution in [0, 0.1) is 12.7 Å². The van der Waals surface area contributed by atoms with Gasteiger partial charge in [0.15, 0.2) is 11.5 Å². The number of amides is 4. The van der Waals surface area contributed by atoms with Crippen LogP contribution in [0.2, 0.25) is 5.02 Å². The predicted octanol–water partition coefficient (Wildman–Crippen LogP) is 6.19. The summed E-state index contributed by atoms with van der Waals surface area (Å²) in [6.45, 7) is 3.77. The number of aryl methyl sites for hydroxylation is 1. The molecule has 0 aromatic heterocycles. The lowest BCUT2D eigenvalue weighted by Gasteiger charge is -2.27. The number of ether oxygens (including phenoxy) is 2. The van der Waals surface area contributed by atoms with Crippen molar-refractivity contribution in [1.29, 1.82) is 0 Å². The van der Waals surface area contributed by atoms with E-state index < -0.39 is 23.7 Å². The van der Waals surface area contributed by atoms with Gasteiger partial charge in [0, 0.05) is 10.6 Å². The largest absolute Gasteiger partial charge is 0.490 e. The Morgan fingerprint density at radius 1 is 1.08 bits per heavy atom. The van der Waals surface area contributed by atoms with Crippen molar-refractivity contribution in [3.63, 3.8) is 0 Å². The summed E-state index contributed by atoms with van der Waals surface area (Å²) < 4.78 is 26.1. The molecule has 0 saturated carbocycles. The van der Waals surface area contributed by atoms with E-state index in [1.54, 1.807) is 56.3 Å². The zero-order valence-corrected chi connectivity index (χ0v) is 22.2. The summed E-state index contributed by atoms with van der Waals surface area (Å²) in [6.07, 6.45) is 1.35. The number of hydrogen-bond acceptors (Lipinski definition) is 5. The number of nitrogens with zero attached hydrogens (tertiary/aromatic N) is 1. The Hall–Kier alpha value is -3.69. The van der Waals surface area contributed by atoms with Crippen LogP contribution in [0.3, 0.4) is 0 Å². The lowest BCUT2D eigenvalue weighted by atomic mass is 10.1. The number of rotatable bonds is 7. The van der Waals surface area contributed by atoms with Gasteiger partial charge in [-0.25, -0.2) is 14.1 Å². The highest BCUT2D eigenvalue weighted by atomic mass is 79.9. The number of halogens is 3. The van der Waals surface area contributed by atoms with Gasteiger partial charge in [0.25, 0.3) is 11.8 Å². The standard InChI is InChI=1S/C27H21BrClFN2O5/c1-3-36-23-12-16(11-20(28)24(23)37-14-17-6-4-5-7-21(17)30)10-19-25(33)31-27(35)32(26(19)34)22-13-18(29)9-8-15(22)2/h4-13H,3,14H2,1-2H3,(H,31,33,35)/b19-10+. The predicted molar refractivity (Wildman–Crippen MR) is 141 cm³/mol. The molecule has 7 nitrogen and oxygen atoms in total. The molecule has 1 heterocycles. The molecule has 0 radical (unpaired) electrons. The fourth-order valence-electron chi connectivity index (χ4n) is 3.71. The first kappa shape index (κ1) is 26.4. The summed E-state index contributed by atoms with van der Waals surface area (Å²) in [5.74, 6) is -1.37. The fraction of sp³-hybridized carbons (Fsp3) is 0.148. The van der Waals surface area contributed by atoms with E-state index in [9.17, 15) is 18.8 Å². The summed E-state index contributed by atoms with van der Waals surface area (Å²) in [5.41, 5.74) is 1.44. The van der Waals surface area contributed by atoms with Gasteiger partial charge in [-0.15, -0.1) is 0 Å². The van der Waals surface area contributed by atoms with Crippen molar-refractivity contribution in [2.45, 2.75) is 20.5 Å². The highest BCUT2D eigenvalue weighted by Gasteiger charge is 2.37. The van der Waals surface area contributed by atoms with E-state index in [-0.39, 0.29) is 17.9 Å². The number of urea groups is 1. The van der Waals surface area contributed by atoms with Crippen molar-refractivity contribution in [2.24, 2.45) is 0 Å². The maximum atomic E-state index is 14.0. The average Bonchev–Trinajstić information content (AvgIpc) is 2.84. The first-order valence-electron chi connectivity index (χ1n) is 11.2. The molecule has 10 heteroatoms. The molecule has 1 aliphatic rings. The van der Waals surface area contributed by atoms with E-state index in [1.807, 2.05) is 0 Å². The van der Waals surface area contributed by atoms with Crippen molar-refractivity contribution >= 4 is 57.1 Å². The Kier molecular flexibility index (Phi) is 7.94. The molecular weight excluding hydrogens is 567 g/mol. The average molecular weight is 588 g/mol. The summed E-state index contributed by atoms with van der Waals surface area (Å²) in [5, 5.41) is 2.53. The van der Waals surface area contributed by atoms with Crippen molar-refractivity contribution in [3.05, 3.63) is 92.2 Å². The first-order chi connectivity index (χ1) is 17.7. The third-order valence-electron chi connectivity index (χ3n) is 5.49. The fourth-order valence-corrected chi connectivity index (χ4v) is 4.45. The quantitative estimate of drug-likeness (QED) is 0.263. The van der Waals surface area contributed by atoms with E-state index in [4.69, 9.17) is 21.1 Å². The smallest absolute Gasteiger partial charge is 0.335 e. The van der Waals surface area contributed by atoms with Crippen molar-refractivity contribution < 1.29 is 28.2 Å². The van der Waals surface area contributed by atoms with Crippen LogP contribution in [0.5, 0.6) is 11.5 Å². The third kappa shape index (κ3) is 5.68. The van der Waals surface area contributed by atoms with Crippen LogP contribution in [0.15, 0.2) is 64.6 Å².